The number of carbonyl (C=O) groups excluding carboxylic acids is 2. The molecule has 2 unspecified atom stereocenters. The first-order valence-corrected chi connectivity index (χ1v) is 23.0. The lowest BCUT2D eigenvalue weighted by Crippen LogP contribution is -2.29. The lowest BCUT2D eigenvalue weighted by molar-refractivity contribution is -0.161. The molecular formula is C45H78NO9P. The number of phosphoric acid groups is 1. The molecule has 0 aliphatic rings. The average Bonchev–Trinajstić information content (AvgIpc) is 3.18. The van der Waals surface area contributed by atoms with Crippen LogP contribution in [0.25, 0.3) is 0 Å². The summed E-state index contributed by atoms with van der Waals surface area (Å²) in [5.74, 6) is -0.958. The average molecular weight is 808 g/mol. The van der Waals surface area contributed by atoms with Gasteiger partial charge in [0, 0.05) is 19.4 Å². The molecule has 0 saturated heterocycles. The van der Waals surface area contributed by atoms with E-state index >= 15 is 0 Å². The third-order valence-corrected chi connectivity index (χ3v) is 9.68. The molecule has 0 fully saturated rings. The third-order valence-electron chi connectivity index (χ3n) is 8.70. The number of aliphatic hydroxyl groups excluding tert-OH is 1. The van der Waals surface area contributed by atoms with Gasteiger partial charge in [-0.05, 0) is 44.9 Å². The van der Waals surface area contributed by atoms with Crippen molar-refractivity contribution in [2.45, 2.75) is 174 Å². The van der Waals surface area contributed by atoms with E-state index in [0.29, 0.717) is 25.7 Å². The predicted octanol–water partition coefficient (Wildman–Crippen LogP) is 11.2. The van der Waals surface area contributed by atoms with Gasteiger partial charge in [-0.2, -0.15) is 0 Å². The highest BCUT2D eigenvalue weighted by atomic mass is 31.2. The van der Waals surface area contributed by atoms with Crippen LogP contribution in [0.5, 0.6) is 0 Å². The molecule has 0 aliphatic heterocycles. The normalized spacial score (nSPS) is 14.6. The number of aliphatic hydroxyl groups is 1. The minimum atomic E-state index is -4.41. The zero-order valence-electron chi connectivity index (χ0n) is 35.0. The Balaban J connectivity index is 4.36. The van der Waals surface area contributed by atoms with Crippen molar-refractivity contribution < 1.29 is 42.7 Å². The summed E-state index contributed by atoms with van der Waals surface area (Å²) >= 11 is 0. The van der Waals surface area contributed by atoms with Gasteiger partial charge in [0.05, 0.1) is 19.3 Å². The number of hydrogen-bond acceptors (Lipinski definition) is 9. The van der Waals surface area contributed by atoms with Crippen molar-refractivity contribution in [3.8, 4) is 0 Å². The lowest BCUT2D eigenvalue weighted by atomic mass is 10.0. The van der Waals surface area contributed by atoms with Crippen LogP contribution >= 0.6 is 7.82 Å². The summed E-state index contributed by atoms with van der Waals surface area (Å²) in [5.41, 5.74) is 5.34. The highest BCUT2D eigenvalue weighted by Crippen LogP contribution is 2.43. The van der Waals surface area contributed by atoms with Crippen LogP contribution in [0.3, 0.4) is 0 Å². The number of phosphoric ester groups is 1. The summed E-state index contributed by atoms with van der Waals surface area (Å²) in [4.78, 5) is 34.8. The number of ether oxygens (including phenoxy) is 2. The second-order valence-electron chi connectivity index (χ2n) is 14.0. The fraction of sp³-hybridized carbons (Fsp3) is 0.689. The molecule has 0 aromatic rings. The Morgan fingerprint density at radius 3 is 1.80 bits per heavy atom. The number of rotatable bonds is 39. The fourth-order valence-electron chi connectivity index (χ4n) is 5.51. The lowest BCUT2D eigenvalue weighted by Gasteiger charge is -2.19. The van der Waals surface area contributed by atoms with Crippen molar-refractivity contribution in [1.82, 2.24) is 0 Å². The number of unbranched alkanes of at least 4 members (excludes halogenated alkanes) is 14. The molecule has 4 N–H and O–H groups in total. The largest absolute Gasteiger partial charge is 0.472 e. The number of carbonyl (C=O) groups is 2. The highest BCUT2D eigenvalue weighted by Gasteiger charge is 2.25. The van der Waals surface area contributed by atoms with E-state index in [1.54, 1.807) is 6.08 Å². The van der Waals surface area contributed by atoms with Crippen molar-refractivity contribution in [3.05, 3.63) is 72.9 Å². The molecule has 0 bridgehead atoms. The molecule has 56 heavy (non-hydrogen) atoms. The third kappa shape index (κ3) is 39.6. The predicted molar refractivity (Wildman–Crippen MR) is 230 cm³/mol. The van der Waals surface area contributed by atoms with Crippen LogP contribution in [0.15, 0.2) is 72.9 Å². The van der Waals surface area contributed by atoms with Gasteiger partial charge in [0.2, 0.25) is 0 Å². The molecule has 3 atom stereocenters. The standard InChI is InChI=1S/C45H78NO9P/c1-3-5-7-9-11-12-13-14-15-16-17-21-24-28-32-36-44(48)52-40-43(41-54-56(50,51)53-39-38-46)55-45(49)37-33-29-25-22-19-18-20-23-27-31-35-42(47)34-30-26-10-8-6-4-2/h6,8,18-19,23,25-27,29-31,35,42-43,47H,3-5,7,9-17,20-22,24,28,32-34,36-41,46H2,1-2H3,(H,50,51)/b8-6-,19-18-,27-23-,29-25-,30-26-,35-31+/t42?,43-/m1/s1. The number of hydrogen-bond donors (Lipinski definition) is 3. The zero-order chi connectivity index (χ0) is 41.2. The Hall–Kier alpha value is -2.59. The maximum absolute atomic E-state index is 12.5. The van der Waals surface area contributed by atoms with Crippen molar-refractivity contribution >= 4 is 19.8 Å². The maximum atomic E-state index is 12.5. The molecule has 0 aliphatic carbocycles. The SMILES string of the molecule is CC/C=C\C/C=C\CC(O)/C=C/C=C\C/C=C\C/C=C\CCC(=O)O[C@H](COC(=O)CCCCCCCCCCCCCCCCC)COP(=O)(O)OCCN. The van der Waals surface area contributed by atoms with Crippen LogP contribution in [-0.4, -0.2) is 60.5 Å². The Bertz CT molecular complexity index is 1160. The van der Waals surface area contributed by atoms with Crippen molar-refractivity contribution in [2.75, 3.05) is 26.4 Å². The second kappa shape index (κ2) is 40.6. The van der Waals surface area contributed by atoms with Gasteiger partial charge in [-0.3, -0.25) is 18.6 Å². The minimum Gasteiger partial charge on any atom is -0.462 e. The summed E-state index contributed by atoms with van der Waals surface area (Å²) in [7, 11) is -4.41. The van der Waals surface area contributed by atoms with Crippen molar-refractivity contribution in [1.29, 1.82) is 0 Å². The van der Waals surface area contributed by atoms with Crippen LogP contribution in [-0.2, 0) is 32.7 Å². The number of nitrogens with two attached hydrogens (primary N) is 1. The number of esters is 2. The highest BCUT2D eigenvalue weighted by molar-refractivity contribution is 7.47. The van der Waals surface area contributed by atoms with E-state index in [2.05, 4.69) is 32.1 Å². The molecule has 0 aromatic carbocycles. The van der Waals surface area contributed by atoms with E-state index in [-0.39, 0.29) is 32.6 Å². The van der Waals surface area contributed by atoms with Crippen LogP contribution in [0.2, 0.25) is 0 Å². The van der Waals surface area contributed by atoms with Crippen LogP contribution in [0.1, 0.15) is 162 Å². The molecule has 0 rings (SSSR count). The van der Waals surface area contributed by atoms with E-state index in [4.69, 9.17) is 24.3 Å². The molecular weight excluding hydrogens is 729 g/mol. The van der Waals surface area contributed by atoms with Gasteiger partial charge in [0.1, 0.15) is 6.61 Å². The minimum absolute atomic E-state index is 0.0311. The maximum Gasteiger partial charge on any atom is 0.472 e. The molecule has 0 heterocycles. The van der Waals surface area contributed by atoms with Crippen molar-refractivity contribution in [3.63, 3.8) is 0 Å². The Kier molecular flexibility index (Phi) is 38.7. The fourth-order valence-corrected chi connectivity index (χ4v) is 6.27. The Labute approximate surface area is 340 Å². The number of allylic oxidation sites excluding steroid dienone is 10. The molecule has 0 aromatic heterocycles. The van der Waals surface area contributed by atoms with Crippen LogP contribution < -0.4 is 5.73 Å². The first-order valence-electron chi connectivity index (χ1n) is 21.5. The van der Waals surface area contributed by atoms with Gasteiger partial charge in [-0.25, -0.2) is 4.57 Å². The topological polar surface area (TPSA) is 155 Å². The van der Waals surface area contributed by atoms with Gasteiger partial charge >= 0.3 is 19.8 Å². The van der Waals surface area contributed by atoms with Gasteiger partial charge in [-0.15, -0.1) is 0 Å². The van der Waals surface area contributed by atoms with Gasteiger partial charge in [0.25, 0.3) is 0 Å². The summed E-state index contributed by atoms with van der Waals surface area (Å²) in [6.45, 7) is 3.44. The molecule has 0 saturated carbocycles. The first kappa shape index (κ1) is 53.4. The van der Waals surface area contributed by atoms with E-state index in [1.807, 2.05) is 48.6 Å². The molecule has 10 nitrogen and oxygen atoms in total. The van der Waals surface area contributed by atoms with E-state index < -0.39 is 38.6 Å². The van der Waals surface area contributed by atoms with E-state index in [0.717, 1.165) is 32.1 Å². The Morgan fingerprint density at radius 1 is 0.643 bits per heavy atom. The molecule has 0 amide bonds. The van der Waals surface area contributed by atoms with Gasteiger partial charge < -0.3 is 25.2 Å². The molecule has 11 heteroatoms. The summed E-state index contributed by atoms with van der Waals surface area (Å²) < 4.78 is 32.6. The van der Waals surface area contributed by atoms with Crippen LogP contribution in [0, 0.1) is 0 Å². The van der Waals surface area contributed by atoms with Crippen molar-refractivity contribution in [2.24, 2.45) is 5.73 Å². The van der Waals surface area contributed by atoms with Crippen LogP contribution in [0.4, 0.5) is 0 Å². The summed E-state index contributed by atoms with van der Waals surface area (Å²) in [5, 5.41) is 9.99. The summed E-state index contributed by atoms with van der Waals surface area (Å²) in [6.07, 6.45) is 45.4. The zero-order valence-corrected chi connectivity index (χ0v) is 35.8. The smallest absolute Gasteiger partial charge is 0.462 e. The summed E-state index contributed by atoms with van der Waals surface area (Å²) in [6, 6.07) is 0. The molecule has 0 radical (unpaired) electrons. The Morgan fingerprint density at radius 2 is 1.20 bits per heavy atom. The molecule has 0 spiro atoms. The monoisotopic (exact) mass is 808 g/mol. The quantitative estimate of drug-likeness (QED) is 0.0180. The van der Waals surface area contributed by atoms with E-state index in [1.165, 1.54) is 77.0 Å². The van der Waals surface area contributed by atoms with E-state index in [9.17, 15) is 24.2 Å². The first-order chi connectivity index (χ1) is 27.2. The molecule has 322 valence electrons. The second-order valence-corrected chi connectivity index (χ2v) is 15.5. The van der Waals surface area contributed by atoms with Gasteiger partial charge in [0.15, 0.2) is 6.10 Å². The van der Waals surface area contributed by atoms with Gasteiger partial charge in [-0.1, -0.05) is 177 Å².